The van der Waals surface area contributed by atoms with Crippen molar-refractivity contribution >= 4 is 51.6 Å². The van der Waals surface area contributed by atoms with Crippen molar-refractivity contribution in [3.8, 4) is 34.4 Å². The molecule has 10 aromatic rings. The first-order chi connectivity index (χ1) is 39.5. The summed E-state index contributed by atoms with van der Waals surface area (Å²) in [4.78, 5) is 91.0. The number of ether oxygens (including phenoxy) is 3. The van der Waals surface area contributed by atoms with Crippen molar-refractivity contribution in [3.05, 3.63) is 223 Å². The Hall–Kier alpha value is -10.5. The largest absolute Gasteiger partial charge is 0.452 e. The fourth-order valence-corrected chi connectivity index (χ4v) is 8.37. The summed E-state index contributed by atoms with van der Waals surface area (Å²) in [5, 5.41) is 2.40. The number of nitrogen functional groups attached to an aromatic ring is 1. The van der Waals surface area contributed by atoms with Crippen molar-refractivity contribution < 1.29 is 46.2 Å². The highest BCUT2D eigenvalue weighted by molar-refractivity contribution is 5.98. The highest BCUT2D eigenvalue weighted by atomic mass is 19.1. The van der Waals surface area contributed by atoms with Gasteiger partial charge >= 0.3 is 6.09 Å². The van der Waals surface area contributed by atoms with Crippen LogP contribution >= 0.6 is 0 Å². The summed E-state index contributed by atoms with van der Waals surface area (Å²) in [5.41, 5.74) is 9.65. The van der Waals surface area contributed by atoms with Crippen LogP contribution in [-0.2, 0) is 17.6 Å². The van der Waals surface area contributed by atoms with E-state index in [1.54, 1.807) is 45.3 Å². The van der Waals surface area contributed by atoms with Crippen molar-refractivity contribution in [1.82, 2.24) is 39.0 Å². The number of Topliss-reactive ketones (excluding diaryl/α,β-unsaturated/α-hetero) is 2. The zero-order chi connectivity index (χ0) is 59.4. The molecule has 83 heavy (non-hydrogen) atoms. The Morgan fingerprint density at radius 1 is 0.554 bits per heavy atom. The zero-order valence-corrected chi connectivity index (χ0v) is 45.5. The second-order valence-corrected chi connectivity index (χ2v) is 20.0. The number of amides is 1. The van der Waals surface area contributed by atoms with E-state index in [-0.39, 0.29) is 64.3 Å². The van der Waals surface area contributed by atoms with Crippen molar-refractivity contribution in [2.24, 2.45) is 0 Å². The third-order valence-corrected chi connectivity index (χ3v) is 12.7. The van der Waals surface area contributed by atoms with Gasteiger partial charge in [0.05, 0.1) is 22.4 Å². The van der Waals surface area contributed by atoms with Crippen LogP contribution in [0.15, 0.2) is 144 Å². The summed E-state index contributed by atoms with van der Waals surface area (Å²) in [7, 11) is 0. The Bertz CT molecular complexity index is 4320. The van der Waals surface area contributed by atoms with Gasteiger partial charge in [0.25, 0.3) is 11.1 Å². The van der Waals surface area contributed by atoms with Crippen LogP contribution in [0.2, 0.25) is 0 Å². The second-order valence-electron chi connectivity index (χ2n) is 20.0. The van der Waals surface area contributed by atoms with Crippen LogP contribution in [0.25, 0.3) is 33.4 Å². The standard InChI is InChI=1S/C33H29F2N5O5.C28H21F2N5O3/c1-18-14-25-29(38-19(18)2)28(12-13-36-25)44-27-11-6-20(15-24(27)35)16-26(41)23-17-37-31(39-32(43)45-33(3,4)5)40(30(23)42)22-9-7-21(34)8-10-22;1-15-11-22-26(34-16(15)2)25(9-10-32-22)38-24-8-3-17(12-21(24)30)13-23(36)20-14-33-28(31)35(27(20)37)19-6-4-18(29)5-7-19/h6-15,17H,16H2,1-5H3,(H,37,39,43);3-12,14H,13H2,1-2H3,(H2,31,33). The zero-order valence-electron chi connectivity index (χ0n) is 45.5. The molecule has 0 aliphatic carbocycles. The van der Waals surface area contributed by atoms with E-state index < -0.39 is 57.6 Å². The van der Waals surface area contributed by atoms with Crippen LogP contribution < -0.4 is 31.6 Å². The minimum atomic E-state index is -0.886. The lowest BCUT2D eigenvalue weighted by atomic mass is 10.0. The van der Waals surface area contributed by atoms with Crippen molar-refractivity contribution in [1.29, 1.82) is 0 Å². The molecule has 0 saturated carbocycles. The van der Waals surface area contributed by atoms with Crippen molar-refractivity contribution in [2.75, 3.05) is 11.1 Å². The Labute approximate surface area is 470 Å². The molecule has 0 bridgehead atoms. The molecule has 0 spiro atoms. The lowest BCUT2D eigenvalue weighted by Crippen LogP contribution is -2.33. The molecular weight excluding hydrogens is 1080 g/mol. The molecule has 4 aromatic carbocycles. The molecule has 22 heteroatoms. The third-order valence-electron chi connectivity index (χ3n) is 12.7. The van der Waals surface area contributed by atoms with Gasteiger partial charge in [0.15, 0.2) is 46.2 Å². The van der Waals surface area contributed by atoms with E-state index >= 15 is 4.39 Å². The van der Waals surface area contributed by atoms with Gasteiger partial charge in [0, 0.05) is 61.1 Å². The van der Waals surface area contributed by atoms with Gasteiger partial charge in [-0.25, -0.2) is 51.4 Å². The highest BCUT2D eigenvalue weighted by Crippen LogP contribution is 2.33. The average Bonchev–Trinajstić information content (AvgIpc) is 3.49. The third kappa shape index (κ3) is 13.1. The second kappa shape index (κ2) is 23.7. The number of rotatable bonds is 13. The molecule has 6 aromatic heterocycles. The predicted octanol–water partition coefficient (Wildman–Crippen LogP) is 11.5. The fraction of sp³-hybridized carbons (Fsp3) is 0.164. The van der Waals surface area contributed by atoms with E-state index in [2.05, 4.69) is 35.2 Å². The van der Waals surface area contributed by atoms with Gasteiger partial charge in [0.1, 0.15) is 39.4 Å². The maximum atomic E-state index is 15.2. The van der Waals surface area contributed by atoms with E-state index in [4.69, 9.17) is 19.9 Å². The van der Waals surface area contributed by atoms with Gasteiger partial charge in [-0.2, -0.15) is 0 Å². The molecular formula is C61H50F4N10O8. The SMILES string of the molecule is Cc1cc2nccc(Oc3ccc(CC(=O)c4cnc(N)n(-c5ccc(F)cc5)c4=O)cc3F)c2nc1C.Cc1cc2nccc(Oc3ccc(CC(=O)c4cnc(NC(=O)OC(C)(C)C)n(-c5ccc(F)cc5)c4=O)cc3F)c2nc1C. The number of hydrogen-bond donors (Lipinski definition) is 2. The number of carbonyl (C=O) groups excluding carboxylic acids is 3. The maximum Gasteiger partial charge on any atom is 0.414 e. The molecule has 0 fully saturated rings. The number of aromatic nitrogens is 8. The number of hydrogen-bond acceptors (Lipinski definition) is 15. The smallest absolute Gasteiger partial charge is 0.414 e. The van der Waals surface area contributed by atoms with E-state index in [0.717, 1.165) is 74.4 Å². The first-order valence-electron chi connectivity index (χ1n) is 25.5. The van der Waals surface area contributed by atoms with Gasteiger partial charge in [-0.3, -0.25) is 34.5 Å². The molecule has 10 rings (SSSR count). The maximum absolute atomic E-state index is 15.2. The minimum absolute atomic E-state index is 0.0541. The number of aryl methyl sites for hydroxylation is 4. The normalized spacial score (nSPS) is 11.2. The molecule has 0 unspecified atom stereocenters. The molecule has 0 aliphatic rings. The lowest BCUT2D eigenvalue weighted by Gasteiger charge is -2.20. The first kappa shape index (κ1) is 57.2. The first-order valence-corrected chi connectivity index (χ1v) is 25.5. The molecule has 3 N–H and O–H groups in total. The van der Waals surface area contributed by atoms with E-state index in [1.165, 1.54) is 54.6 Å². The quantitative estimate of drug-likeness (QED) is 0.0806. The Morgan fingerprint density at radius 3 is 1.43 bits per heavy atom. The van der Waals surface area contributed by atoms with Crippen molar-refractivity contribution in [2.45, 2.75) is 66.9 Å². The number of nitrogens with two attached hydrogens (primary N) is 1. The Morgan fingerprint density at radius 2 is 0.988 bits per heavy atom. The summed E-state index contributed by atoms with van der Waals surface area (Å²) in [6, 6.07) is 24.9. The number of halogens is 4. The molecule has 0 saturated heterocycles. The number of nitrogens with zero attached hydrogens (tertiary/aromatic N) is 8. The van der Waals surface area contributed by atoms with Gasteiger partial charge in [-0.1, -0.05) is 12.1 Å². The number of ketones is 2. The van der Waals surface area contributed by atoms with Gasteiger partial charge < -0.3 is 19.9 Å². The topological polar surface area (TPSA) is 238 Å². The number of pyridine rings is 4. The fourth-order valence-electron chi connectivity index (χ4n) is 8.37. The molecule has 0 radical (unpaired) electrons. The van der Waals surface area contributed by atoms with Gasteiger partial charge in [-0.15, -0.1) is 0 Å². The van der Waals surface area contributed by atoms with Crippen LogP contribution in [0.4, 0.5) is 34.3 Å². The summed E-state index contributed by atoms with van der Waals surface area (Å²) >= 11 is 0. The number of fused-ring (bicyclic) bond motifs is 2. The Balaban J connectivity index is 0.000000202. The van der Waals surface area contributed by atoms with Crippen LogP contribution in [0.3, 0.4) is 0 Å². The van der Waals surface area contributed by atoms with E-state index in [9.17, 15) is 37.1 Å². The molecule has 0 atom stereocenters. The number of carbonyl (C=O) groups is 3. The molecule has 420 valence electrons. The van der Waals surface area contributed by atoms with E-state index in [1.807, 2.05) is 39.8 Å². The summed E-state index contributed by atoms with van der Waals surface area (Å²) in [5.74, 6) is -3.59. The van der Waals surface area contributed by atoms with Gasteiger partial charge in [0.2, 0.25) is 11.9 Å². The van der Waals surface area contributed by atoms with Crippen molar-refractivity contribution in [3.63, 3.8) is 0 Å². The minimum Gasteiger partial charge on any atom is -0.452 e. The van der Waals surface area contributed by atoms with Crippen LogP contribution in [0, 0.1) is 51.0 Å². The number of nitrogens with one attached hydrogen (secondary N) is 1. The highest BCUT2D eigenvalue weighted by Gasteiger charge is 2.24. The van der Waals surface area contributed by atoms with E-state index in [0.29, 0.717) is 39.1 Å². The Kier molecular flexibility index (Phi) is 16.3. The van der Waals surface area contributed by atoms with Crippen LogP contribution in [-0.4, -0.2) is 62.3 Å². The van der Waals surface area contributed by atoms with Gasteiger partial charge in [-0.05, 0) is 156 Å². The predicted molar refractivity (Wildman–Crippen MR) is 301 cm³/mol. The van der Waals surface area contributed by atoms with Crippen LogP contribution in [0.1, 0.15) is 75.1 Å². The molecule has 0 aliphatic heterocycles. The summed E-state index contributed by atoms with van der Waals surface area (Å²) in [6.07, 6.45) is 3.71. The number of benzene rings is 4. The molecule has 6 heterocycles. The lowest BCUT2D eigenvalue weighted by molar-refractivity contribution is 0.0633. The average molecular weight is 1130 g/mol. The van der Waals surface area contributed by atoms with Crippen LogP contribution in [0.5, 0.6) is 23.0 Å². The monoisotopic (exact) mass is 1130 g/mol. The summed E-state index contributed by atoms with van der Waals surface area (Å²) < 4.78 is 76.0. The number of anilines is 2. The summed E-state index contributed by atoms with van der Waals surface area (Å²) in [6.45, 7) is 12.5. The molecule has 1 amide bonds. The molecule has 18 nitrogen and oxygen atoms in total.